The fourth-order valence-corrected chi connectivity index (χ4v) is 2.05. The van der Waals surface area contributed by atoms with Crippen molar-refractivity contribution in [3.8, 4) is 5.69 Å². The van der Waals surface area contributed by atoms with Crippen LogP contribution in [0.15, 0.2) is 18.2 Å². The summed E-state index contributed by atoms with van der Waals surface area (Å²) in [7, 11) is 0. The van der Waals surface area contributed by atoms with Gasteiger partial charge in [-0.25, -0.2) is 4.68 Å². The summed E-state index contributed by atoms with van der Waals surface area (Å²) < 4.78 is 1.70. The van der Waals surface area contributed by atoms with Crippen LogP contribution in [-0.4, -0.2) is 21.3 Å². The first-order valence-corrected chi connectivity index (χ1v) is 6.21. The first-order chi connectivity index (χ1) is 8.67. The molecule has 94 valence electrons. The molecule has 4 nitrogen and oxygen atoms in total. The number of hydrogen-bond donors (Lipinski definition) is 0. The number of carbonyl (C=O) groups excluding carboxylic acids is 1. The normalized spacial score (nSPS) is 10.6. The number of rotatable bonds is 4. The number of halogens is 1. The SMILES string of the molecule is CCCc1c(C=O)nnn1-c1cc(Cl)ccc1C. The van der Waals surface area contributed by atoms with Crippen molar-refractivity contribution < 1.29 is 4.79 Å². The molecule has 18 heavy (non-hydrogen) atoms. The molecule has 2 aromatic rings. The van der Waals surface area contributed by atoms with E-state index in [4.69, 9.17) is 11.6 Å². The molecule has 0 radical (unpaired) electrons. The summed E-state index contributed by atoms with van der Waals surface area (Å²) in [6, 6.07) is 5.59. The van der Waals surface area contributed by atoms with Crippen molar-refractivity contribution in [2.75, 3.05) is 0 Å². The molecule has 0 saturated heterocycles. The lowest BCUT2D eigenvalue weighted by molar-refractivity contribution is 0.111. The van der Waals surface area contributed by atoms with Crippen molar-refractivity contribution in [2.24, 2.45) is 0 Å². The number of aromatic nitrogens is 3. The minimum Gasteiger partial charge on any atom is -0.296 e. The molecule has 0 unspecified atom stereocenters. The van der Waals surface area contributed by atoms with E-state index < -0.39 is 0 Å². The maximum atomic E-state index is 11.0. The van der Waals surface area contributed by atoms with E-state index in [1.807, 2.05) is 25.1 Å². The van der Waals surface area contributed by atoms with Crippen LogP contribution in [0.2, 0.25) is 5.02 Å². The highest BCUT2D eigenvalue weighted by Gasteiger charge is 2.14. The summed E-state index contributed by atoms with van der Waals surface area (Å²) >= 11 is 6.01. The molecule has 0 aliphatic heterocycles. The van der Waals surface area contributed by atoms with E-state index in [1.165, 1.54) is 0 Å². The first kappa shape index (κ1) is 12.8. The topological polar surface area (TPSA) is 47.8 Å². The largest absolute Gasteiger partial charge is 0.296 e. The number of aryl methyl sites for hydroxylation is 1. The van der Waals surface area contributed by atoms with Crippen molar-refractivity contribution in [1.82, 2.24) is 15.0 Å². The van der Waals surface area contributed by atoms with Crippen LogP contribution in [0.1, 0.15) is 35.1 Å². The summed E-state index contributed by atoms with van der Waals surface area (Å²) in [5.41, 5.74) is 3.14. The van der Waals surface area contributed by atoms with Crippen LogP contribution in [0.3, 0.4) is 0 Å². The molecule has 0 amide bonds. The highest BCUT2D eigenvalue weighted by Crippen LogP contribution is 2.21. The van der Waals surface area contributed by atoms with Crippen LogP contribution in [-0.2, 0) is 6.42 Å². The zero-order chi connectivity index (χ0) is 13.1. The monoisotopic (exact) mass is 263 g/mol. The van der Waals surface area contributed by atoms with E-state index >= 15 is 0 Å². The number of aldehydes is 1. The Labute approximate surface area is 111 Å². The Bertz CT molecular complexity index is 578. The first-order valence-electron chi connectivity index (χ1n) is 5.83. The lowest BCUT2D eigenvalue weighted by Gasteiger charge is -2.09. The lowest BCUT2D eigenvalue weighted by atomic mass is 10.1. The van der Waals surface area contributed by atoms with Crippen molar-refractivity contribution in [1.29, 1.82) is 0 Å². The molecule has 0 saturated carbocycles. The van der Waals surface area contributed by atoms with E-state index in [9.17, 15) is 4.79 Å². The molecular formula is C13H14ClN3O. The molecule has 0 aliphatic carbocycles. The molecule has 0 N–H and O–H groups in total. The standard InChI is InChI=1S/C13H14ClN3O/c1-3-4-12-11(8-18)15-16-17(12)13-7-10(14)6-5-9(13)2/h5-8H,3-4H2,1-2H3. The molecule has 0 bridgehead atoms. The number of hydrogen-bond acceptors (Lipinski definition) is 3. The number of carbonyl (C=O) groups is 1. The Morgan fingerprint density at radius 2 is 2.22 bits per heavy atom. The van der Waals surface area contributed by atoms with Gasteiger partial charge in [0.25, 0.3) is 0 Å². The third kappa shape index (κ3) is 2.29. The minimum atomic E-state index is 0.399. The highest BCUT2D eigenvalue weighted by atomic mass is 35.5. The summed E-state index contributed by atoms with van der Waals surface area (Å²) in [5.74, 6) is 0. The van der Waals surface area contributed by atoms with Gasteiger partial charge in [0.15, 0.2) is 6.29 Å². The second kappa shape index (κ2) is 5.31. The number of nitrogens with zero attached hydrogens (tertiary/aromatic N) is 3. The van der Waals surface area contributed by atoms with Crippen LogP contribution in [0.25, 0.3) is 5.69 Å². The second-order valence-electron chi connectivity index (χ2n) is 4.13. The van der Waals surface area contributed by atoms with Gasteiger partial charge in [0.1, 0.15) is 5.69 Å². The molecule has 0 spiro atoms. The van der Waals surface area contributed by atoms with Crippen LogP contribution < -0.4 is 0 Å². The van der Waals surface area contributed by atoms with Crippen molar-refractivity contribution in [3.63, 3.8) is 0 Å². The Balaban J connectivity index is 2.59. The molecule has 5 heteroatoms. The fourth-order valence-electron chi connectivity index (χ4n) is 1.88. The maximum Gasteiger partial charge on any atom is 0.172 e. The number of benzene rings is 1. The molecule has 2 rings (SSSR count). The quantitative estimate of drug-likeness (QED) is 0.797. The van der Waals surface area contributed by atoms with Gasteiger partial charge >= 0.3 is 0 Å². The molecule has 0 atom stereocenters. The Morgan fingerprint density at radius 1 is 1.44 bits per heavy atom. The summed E-state index contributed by atoms with van der Waals surface area (Å²) in [6.45, 7) is 4.03. The fraction of sp³-hybridized carbons (Fsp3) is 0.308. The van der Waals surface area contributed by atoms with Gasteiger partial charge in [0, 0.05) is 5.02 Å². The van der Waals surface area contributed by atoms with Gasteiger partial charge in [-0.15, -0.1) is 5.10 Å². The molecule has 1 aromatic carbocycles. The van der Waals surface area contributed by atoms with Gasteiger partial charge in [-0.1, -0.05) is 36.2 Å². The highest BCUT2D eigenvalue weighted by molar-refractivity contribution is 6.30. The molecule has 1 aromatic heterocycles. The van der Waals surface area contributed by atoms with Crippen LogP contribution in [0.5, 0.6) is 0 Å². The third-order valence-corrected chi connectivity index (χ3v) is 3.03. The predicted octanol–water partition coefficient (Wildman–Crippen LogP) is 2.99. The summed E-state index contributed by atoms with van der Waals surface area (Å²) in [4.78, 5) is 11.0. The third-order valence-electron chi connectivity index (χ3n) is 2.79. The van der Waals surface area contributed by atoms with E-state index in [1.54, 1.807) is 4.68 Å². The predicted molar refractivity (Wildman–Crippen MR) is 70.5 cm³/mol. The smallest absolute Gasteiger partial charge is 0.172 e. The van der Waals surface area contributed by atoms with Crippen molar-refractivity contribution in [3.05, 3.63) is 40.2 Å². The van der Waals surface area contributed by atoms with Gasteiger partial charge in [-0.2, -0.15) is 0 Å². The van der Waals surface area contributed by atoms with E-state index in [0.717, 1.165) is 36.1 Å². The Kier molecular flexibility index (Phi) is 3.77. The Morgan fingerprint density at radius 3 is 2.89 bits per heavy atom. The zero-order valence-electron chi connectivity index (χ0n) is 10.4. The van der Waals surface area contributed by atoms with Crippen LogP contribution >= 0.6 is 11.6 Å². The lowest BCUT2D eigenvalue weighted by Crippen LogP contribution is -2.05. The van der Waals surface area contributed by atoms with Gasteiger partial charge in [-0.3, -0.25) is 4.79 Å². The van der Waals surface area contributed by atoms with Gasteiger partial charge in [-0.05, 0) is 31.0 Å². The zero-order valence-corrected chi connectivity index (χ0v) is 11.1. The molecule has 1 heterocycles. The molecule has 0 aliphatic rings. The van der Waals surface area contributed by atoms with Crippen molar-refractivity contribution >= 4 is 17.9 Å². The van der Waals surface area contributed by atoms with E-state index in [0.29, 0.717) is 10.7 Å². The molecular weight excluding hydrogens is 250 g/mol. The van der Waals surface area contributed by atoms with Crippen LogP contribution in [0, 0.1) is 6.92 Å². The molecule has 0 fully saturated rings. The summed E-state index contributed by atoms with van der Waals surface area (Å²) in [6.07, 6.45) is 2.43. The van der Waals surface area contributed by atoms with E-state index in [-0.39, 0.29) is 0 Å². The van der Waals surface area contributed by atoms with E-state index in [2.05, 4.69) is 17.2 Å². The Hall–Kier alpha value is -1.68. The van der Waals surface area contributed by atoms with Crippen molar-refractivity contribution in [2.45, 2.75) is 26.7 Å². The van der Waals surface area contributed by atoms with Gasteiger partial charge < -0.3 is 0 Å². The average Bonchev–Trinajstić information content (AvgIpc) is 2.76. The summed E-state index contributed by atoms with van der Waals surface area (Å²) in [5, 5.41) is 8.60. The van der Waals surface area contributed by atoms with Crippen LogP contribution in [0.4, 0.5) is 0 Å². The van der Waals surface area contributed by atoms with Gasteiger partial charge in [0.05, 0.1) is 11.4 Å². The van der Waals surface area contributed by atoms with Gasteiger partial charge in [0.2, 0.25) is 0 Å². The minimum absolute atomic E-state index is 0.399. The second-order valence-corrected chi connectivity index (χ2v) is 4.57. The maximum absolute atomic E-state index is 11.0. The average molecular weight is 264 g/mol.